The Kier molecular flexibility index (Phi) is 1.94. The van der Waals surface area contributed by atoms with Crippen LogP contribution in [0, 0.1) is 0 Å². The van der Waals surface area contributed by atoms with Gasteiger partial charge in [0, 0.05) is 0 Å². The smallest absolute Gasteiger partial charge is 0.340 e. The molecular weight excluding hydrogens is 184 g/mol. The average Bonchev–Trinajstić information content (AvgIpc) is 2.59. The number of fused-ring (bicyclic) bond motifs is 1. The van der Waals surface area contributed by atoms with Crippen LogP contribution >= 0.6 is 0 Å². The number of para-hydroxylation sites is 2. The molecule has 0 aliphatic heterocycles. The van der Waals surface area contributed by atoms with Gasteiger partial charge in [-0.1, -0.05) is 12.1 Å². The van der Waals surface area contributed by atoms with Crippen LogP contribution in [0.1, 0.15) is 11.9 Å². The lowest BCUT2D eigenvalue weighted by Gasteiger charge is -1.98. The Balaban J connectivity index is 2.50. The zero-order valence-electron chi connectivity index (χ0n) is 7.14. The van der Waals surface area contributed by atoms with E-state index >= 15 is 0 Å². The number of benzene rings is 1. The lowest BCUT2D eigenvalue weighted by molar-refractivity contribution is -0.147. The van der Waals surface area contributed by atoms with Crippen LogP contribution in [0.5, 0.6) is 0 Å². The first-order valence-electron chi connectivity index (χ1n) is 4.04. The van der Waals surface area contributed by atoms with Crippen molar-refractivity contribution in [3.63, 3.8) is 0 Å². The molecule has 0 aliphatic rings. The molecule has 2 aromatic rings. The van der Waals surface area contributed by atoms with E-state index in [-0.39, 0.29) is 5.82 Å². The Morgan fingerprint density at radius 2 is 2.14 bits per heavy atom. The Labute approximate surface area is 79.0 Å². The molecule has 14 heavy (non-hydrogen) atoms. The van der Waals surface area contributed by atoms with Crippen LogP contribution in [0.15, 0.2) is 24.3 Å². The SMILES string of the molecule is O=C(O)C(O)c1nc2ccccc2[nH]1. The fourth-order valence-electron chi connectivity index (χ4n) is 1.22. The lowest BCUT2D eigenvalue weighted by Crippen LogP contribution is -2.11. The van der Waals surface area contributed by atoms with Gasteiger partial charge in [0.15, 0.2) is 0 Å². The molecule has 0 bridgehead atoms. The molecule has 0 radical (unpaired) electrons. The van der Waals surface area contributed by atoms with Crippen LogP contribution in [0.25, 0.3) is 11.0 Å². The molecule has 1 aromatic heterocycles. The summed E-state index contributed by atoms with van der Waals surface area (Å²) in [5.41, 5.74) is 1.35. The number of nitrogens with zero attached hydrogens (tertiary/aromatic N) is 1. The monoisotopic (exact) mass is 192 g/mol. The molecule has 0 aliphatic carbocycles. The Morgan fingerprint density at radius 1 is 1.43 bits per heavy atom. The third kappa shape index (κ3) is 1.33. The number of carboxylic acids is 1. The zero-order valence-corrected chi connectivity index (χ0v) is 7.14. The summed E-state index contributed by atoms with van der Waals surface area (Å²) in [4.78, 5) is 17.1. The summed E-state index contributed by atoms with van der Waals surface area (Å²) in [5.74, 6) is -1.26. The molecule has 3 N–H and O–H groups in total. The summed E-state index contributed by atoms with van der Waals surface area (Å²) in [7, 11) is 0. The van der Waals surface area contributed by atoms with E-state index in [4.69, 9.17) is 5.11 Å². The van der Waals surface area contributed by atoms with Gasteiger partial charge < -0.3 is 15.2 Å². The topological polar surface area (TPSA) is 86.2 Å². The molecule has 2 rings (SSSR count). The van der Waals surface area contributed by atoms with Gasteiger partial charge in [-0.15, -0.1) is 0 Å². The van der Waals surface area contributed by atoms with E-state index in [9.17, 15) is 9.90 Å². The predicted molar refractivity (Wildman–Crippen MR) is 48.7 cm³/mol. The van der Waals surface area contributed by atoms with E-state index in [1.54, 1.807) is 24.3 Å². The van der Waals surface area contributed by atoms with Crippen LogP contribution < -0.4 is 0 Å². The van der Waals surface area contributed by atoms with Crippen molar-refractivity contribution in [2.24, 2.45) is 0 Å². The van der Waals surface area contributed by atoms with Gasteiger partial charge in [-0.25, -0.2) is 9.78 Å². The molecule has 0 spiro atoms. The van der Waals surface area contributed by atoms with Gasteiger partial charge >= 0.3 is 5.97 Å². The number of carbonyl (C=O) groups is 1. The third-order valence-corrected chi connectivity index (χ3v) is 1.90. The highest BCUT2D eigenvalue weighted by molar-refractivity contribution is 5.78. The van der Waals surface area contributed by atoms with E-state index in [2.05, 4.69) is 9.97 Å². The second-order valence-corrected chi connectivity index (χ2v) is 2.88. The van der Waals surface area contributed by atoms with Crippen molar-refractivity contribution in [1.29, 1.82) is 0 Å². The van der Waals surface area contributed by atoms with Crippen molar-refractivity contribution in [1.82, 2.24) is 9.97 Å². The van der Waals surface area contributed by atoms with Gasteiger partial charge in [-0.2, -0.15) is 0 Å². The van der Waals surface area contributed by atoms with Gasteiger partial charge in [-0.05, 0) is 12.1 Å². The number of hydrogen-bond acceptors (Lipinski definition) is 3. The normalized spacial score (nSPS) is 12.9. The summed E-state index contributed by atoms with van der Waals surface area (Å²) in [6.07, 6.45) is -1.60. The van der Waals surface area contributed by atoms with E-state index in [0.717, 1.165) is 0 Å². The van der Waals surface area contributed by atoms with Gasteiger partial charge in [-0.3, -0.25) is 0 Å². The summed E-state index contributed by atoms with van der Waals surface area (Å²) >= 11 is 0. The second-order valence-electron chi connectivity index (χ2n) is 2.88. The highest BCUT2D eigenvalue weighted by Crippen LogP contribution is 2.15. The van der Waals surface area contributed by atoms with E-state index in [1.807, 2.05) is 0 Å². The maximum absolute atomic E-state index is 10.5. The summed E-state index contributed by atoms with van der Waals surface area (Å²) < 4.78 is 0. The standard InChI is InChI=1S/C9H8N2O3/c12-7(9(13)14)8-10-5-3-1-2-4-6(5)11-8/h1-4,7,12H,(H,10,11)(H,13,14). The minimum absolute atomic E-state index is 0.0544. The third-order valence-electron chi connectivity index (χ3n) is 1.90. The number of hydrogen-bond donors (Lipinski definition) is 3. The van der Waals surface area contributed by atoms with Crippen LogP contribution in [-0.4, -0.2) is 26.2 Å². The summed E-state index contributed by atoms with van der Waals surface area (Å²) in [6, 6.07) is 7.10. The highest BCUT2D eigenvalue weighted by Gasteiger charge is 2.19. The van der Waals surface area contributed by atoms with Crippen molar-refractivity contribution < 1.29 is 15.0 Å². The fourth-order valence-corrected chi connectivity index (χ4v) is 1.22. The second kappa shape index (κ2) is 3.12. The fraction of sp³-hybridized carbons (Fsp3) is 0.111. The van der Waals surface area contributed by atoms with E-state index < -0.39 is 12.1 Å². The number of aliphatic hydroxyl groups excluding tert-OH is 1. The van der Waals surface area contributed by atoms with Gasteiger partial charge in [0.1, 0.15) is 5.82 Å². The molecule has 5 heteroatoms. The number of carboxylic acid groups (broad SMARTS) is 1. The van der Waals surface area contributed by atoms with E-state index in [1.165, 1.54) is 0 Å². The summed E-state index contributed by atoms with van der Waals surface area (Å²) in [5, 5.41) is 17.8. The van der Waals surface area contributed by atoms with Crippen molar-refractivity contribution in [2.75, 3.05) is 0 Å². The number of nitrogens with one attached hydrogen (secondary N) is 1. The predicted octanol–water partition coefficient (Wildman–Crippen LogP) is 0.681. The van der Waals surface area contributed by atoms with Crippen LogP contribution in [0.3, 0.4) is 0 Å². The Bertz CT molecular complexity index is 445. The molecule has 5 nitrogen and oxygen atoms in total. The van der Waals surface area contributed by atoms with Crippen molar-refractivity contribution in [3.8, 4) is 0 Å². The molecule has 0 fully saturated rings. The quantitative estimate of drug-likeness (QED) is 0.653. The molecule has 1 aromatic carbocycles. The van der Waals surface area contributed by atoms with Crippen LogP contribution in [0.2, 0.25) is 0 Å². The van der Waals surface area contributed by atoms with Gasteiger partial charge in [0.2, 0.25) is 6.10 Å². The molecule has 0 amide bonds. The minimum Gasteiger partial charge on any atom is -0.479 e. The van der Waals surface area contributed by atoms with Crippen molar-refractivity contribution in [3.05, 3.63) is 30.1 Å². The molecule has 0 saturated heterocycles. The number of aliphatic hydroxyl groups is 1. The Hall–Kier alpha value is -1.88. The first-order chi connectivity index (χ1) is 6.68. The number of aromatic amines is 1. The average molecular weight is 192 g/mol. The van der Waals surface area contributed by atoms with Crippen molar-refractivity contribution in [2.45, 2.75) is 6.10 Å². The van der Waals surface area contributed by atoms with Gasteiger partial charge in [0.25, 0.3) is 0 Å². The zero-order chi connectivity index (χ0) is 10.1. The number of aromatic nitrogens is 2. The molecule has 1 heterocycles. The maximum atomic E-state index is 10.5. The minimum atomic E-state index is -1.60. The number of rotatable bonds is 2. The van der Waals surface area contributed by atoms with Gasteiger partial charge in [0.05, 0.1) is 11.0 Å². The first kappa shape index (κ1) is 8.71. The lowest BCUT2D eigenvalue weighted by atomic mass is 10.3. The number of imidazole rings is 1. The summed E-state index contributed by atoms with van der Waals surface area (Å²) in [6.45, 7) is 0. The molecule has 72 valence electrons. The molecule has 0 saturated carbocycles. The number of H-pyrrole nitrogens is 1. The first-order valence-corrected chi connectivity index (χ1v) is 4.04. The van der Waals surface area contributed by atoms with Crippen molar-refractivity contribution >= 4 is 17.0 Å². The molecular formula is C9H8N2O3. The largest absolute Gasteiger partial charge is 0.479 e. The molecule has 1 atom stereocenters. The van der Waals surface area contributed by atoms with Crippen LogP contribution in [0.4, 0.5) is 0 Å². The van der Waals surface area contributed by atoms with E-state index in [0.29, 0.717) is 11.0 Å². The number of aliphatic carboxylic acids is 1. The van der Waals surface area contributed by atoms with Crippen LogP contribution in [-0.2, 0) is 4.79 Å². The molecule has 1 unspecified atom stereocenters. The maximum Gasteiger partial charge on any atom is 0.340 e. The Morgan fingerprint density at radius 3 is 2.79 bits per heavy atom. The highest BCUT2D eigenvalue weighted by atomic mass is 16.4.